The van der Waals surface area contributed by atoms with E-state index < -0.39 is 42.7 Å². The van der Waals surface area contributed by atoms with E-state index in [-0.39, 0.29) is 55.8 Å². The van der Waals surface area contributed by atoms with Gasteiger partial charge >= 0.3 is 11.9 Å². The van der Waals surface area contributed by atoms with Crippen LogP contribution in [0.5, 0.6) is 0 Å². The van der Waals surface area contributed by atoms with Crippen molar-refractivity contribution in [1.29, 1.82) is 0 Å². The van der Waals surface area contributed by atoms with Crippen molar-refractivity contribution < 1.29 is 39.9 Å². The number of hydrogen-bond acceptors (Lipinski definition) is 11. The standard InChI is InChI=1S/C18H26N6O8/c19-15-11-16(21-7-20-15)24(8-22-11)18-13(30)12(29)14(32-18)17(31)23(5-1-3-9(25)26)6-2-4-10(27)28/h7-8,12-14,17-18,29-31H,1-6H2,(H,25,26)(H,27,28)(H2,19,20,21)/t12-,13+,14-,17?,18+/m0/s1. The smallest absolute Gasteiger partial charge is 0.303 e. The zero-order valence-corrected chi connectivity index (χ0v) is 17.1. The number of rotatable bonds is 11. The summed E-state index contributed by atoms with van der Waals surface area (Å²) in [5.41, 5.74) is 6.32. The summed E-state index contributed by atoms with van der Waals surface area (Å²) in [4.78, 5) is 35.1. The Morgan fingerprint density at radius 3 is 2.31 bits per heavy atom. The number of carboxylic acids is 2. The van der Waals surface area contributed by atoms with Gasteiger partial charge < -0.3 is 36.0 Å². The highest BCUT2D eigenvalue weighted by Crippen LogP contribution is 2.34. The Morgan fingerprint density at radius 2 is 1.72 bits per heavy atom. The molecule has 1 aliphatic heterocycles. The van der Waals surface area contributed by atoms with E-state index in [1.807, 2.05) is 0 Å². The third kappa shape index (κ3) is 5.11. The van der Waals surface area contributed by atoms with Crippen LogP contribution in [-0.2, 0) is 14.3 Å². The molecule has 5 atom stereocenters. The second-order valence-electron chi connectivity index (χ2n) is 7.50. The summed E-state index contributed by atoms with van der Waals surface area (Å²) >= 11 is 0. The number of aliphatic carboxylic acids is 2. The maximum Gasteiger partial charge on any atom is 0.303 e. The van der Waals surface area contributed by atoms with Crippen molar-refractivity contribution in [1.82, 2.24) is 24.4 Å². The first-order valence-electron chi connectivity index (χ1n) is 10.0. The first-order valence-corrected chi connectivity index (χ1v) is 10.0. The number of nitrogens with two attached hydrogens (primary N) is 1. The quantitative estimate of drug-likeness (QED) is 0.211. The van der Waals surface area contributed by atoms with Crippen LogP contribution in [0.25, 0.3) is 11.2 Å². The third-order valence-electron chi connectivity index (χ3n) is 5.28. The summed E-state index contributed by atoms with van der Waals surface area (Å²) in [7, 11) is 0. The number of ether oxygens (including phenoxy) is 1. The van der Waals surface area contributed by atoms with Gasteiger partial charge in [-0.05, 0) is 12.8 Å². The topological polar surface area (TPSA) is 217 Å². The van der Waals surface area contributed by atoms with Gasteiger partial charge in [-0.25, -0.2) is 15.0 Å². The molecule has 1 aliphatic rings. The molecule has 1 fully saturated rings. The maximum absolute atomic E-state index is 10.9. The van der Waals surface area contributed by atoms with Gasteiger partial charge in [-0.1, -0.05) is 0 Å². The average Bonchev–Trinajstić information content (AvgIpc) is 3.28. The minimum absolute atomic E-state index is 0.123. The molecule has 0 aliphatic carbocycles. The van der Waals surface area contributed by atoms with Gasteiger partial charge in [0.05, 0.1) is 6.33 Å². The number of carboxylic acid groups (broad SMARTS) is 2. The van der Waals surface area contributed by atoms with Crippen LogP contribution in [0.15, 0.2) is 12.7 Å². The highest BCUT2D eigenvalue weighted by molar-refractivity contribution is 5.81. The Bertz CT molecular complexity index is 935. The van der Waals surface area contributed by atoms with Crippen molar-refractivity contribution in [3.63, 3.8) is 0 Å². The number of nitrogens with zero attached hydrogens (tertiary/aromatic N) is 5. The van der Waals surface area contributed by atoms with E-state index in [1.54, 1.807) is 0 Å². The molecule has 1 saturated heterocycles. The molecule has 176 valence electrons. The van der Waals surface area contributed by atoms with E-state index in [4.69, 9.17) is 20.7 Å². The molecule has 0 aromatic carbocycles. The van der Waals surface area contributed by atoms with Crippen LogP contribution in [0.1, 0.15) is 31.9 Å². The van der Waals surface area contributed by atoms with Crippen molar-refractivity contribution >= 4 is 28.9 Å². The molecule has 0 amide bonds. The molecule has 0 bridgehead atoms. The fraction of sp³-hybridized carbons (Fsp3) is 0.611. The number of anilines is 1. The second-order valence-corrected chi connectivity index (χ2v) is 7.50. The molecule has 0 radical (unpaired) electrons. The van der Waals surface area contributed by atoms with E-state index in [1.165, 1.54) is 22.1 Å². The van der Waals surface area contributed by atoms with E-state index in [2.05, 4.69) is 15.0 Å². The Balaban J connectivity index is 1.76. The first-order chi connectivity index (χ1) is 15.2. The fourth-order valence-corrected chi connectivity index (χ4v) is 3.67. The molecule has 2 aromatic rings. The van der Waals surface area contributed by atoms with Gasteiger partial charge in [0.2, 0.25) is 0 Å². The van der Waals surface area contributed by atoms with Crippen molar-refractivity contribution in [2.45, 2.75) is 56.5 Å². The SMILES string of the molecule is Nc1ncnc2c1ncn2[C@@H]1O[C@H](C(O)N(CCCC(=O)O)CCCC(=O)O)[C@@H](O)[C@H]1O. The van der Waals surface area contributed by atoms with Crippen LogP contribution in [0.4, 0.5) is 5.82 Å². The predicted molar refractivity (Wildman–Crippen MR) is 107 cm³/mol. The van der Waals surface area contributed by atoms with E-state index >= 15 is 0 Å². The lowest BCUT2D eigenvalue weighted by molar-refractivity contribution is -0.144. The normalized spacial score (nSPS) is 24.2. The number of imidazole rings is 1. The summed E-state index contributed by atoms with van der Waals surface area (Å²) in [6, 6.07) is 0. The molecule has 0 saturated carbocycles. The summed E-state index contributed by atoms with van der Waals surface area (Å²) in [6.45, 7) is 0.246. The number of carbonyl (C=O) groups is 2. The minimum Gasteiger partial charge on any atom is -0.481 e. The number of aromatic nitrogens is 4. The molecule has 2 aromatic heterocycles. The Kier molecular flexibility index (Phi) is 7.52. The number of fused-ring (bicyclic) bond motifs is 1. The molecular weight excluding hydrogens is 428 g/mol. The Labute approximate surface area is 181 Å². The lowest BCUT2D eigenvalue weighted by Crippen LogP contribution is -2.49. The van der Waals surface area contributed by atoms with Crippen LogP contribution in [-0.4, -0.2) is 99.5 Å². The van der Waals surface area contributed by atoms with Gasteiger partial charge in [-0.15, -0.1) is 0 Å². The summed E-state index contributed by atoms with van der Waals surface area (Å²) < 4.78 is 7.14. The number of nitrogen functional groups attached to an aromatic ring is 1. The van der Waals surface area contributed by atoms with E-state index in [0.717, 1.165) is 0 Å². The summed E-state index contributed by atoms with van der Waals surface area (Å²) in [5, 5.41) is 49.7. The van der Waals surface area contributed by atoms with Gasteiger partial charge in [-0.2, -0.15) is 0 Å². The maximum atomic E-state index is 10.9. The van der Waals surface area contributed by atoms with Gasteiger partial charge in [-0.3, -0.25) is 19.1 Å². The zero-order valence-electron chi connectivity index (χ0n) is 17.1. The molecule has 14 heteroatoms. The number of hydrogen-bond donors (Lipinski definition) is 6. The third-order valence-corrected chi connectivity index (χ3v) is 5.28. The predicted octanol–water partition coefficient (Wildman–Crippen LogP) is -1.62. The molecule has 14 nitrogen and oxygen atoms in total. The van der Waals surface area contributed by atoms with Crippen LogP contribution in [0.2, 0.25) is 0 Å². The molecule has 1 unspecified atom stereocenters. The lowest BCUT2D eigenvalue weighted by Gasteiger charge is -2.32. The molecule has 32 heavy (non-hydrogen) atoms. The summed E-state index contributed by atoms with van der Waals surface area (Å²) in [5.74, 6) is -1.89. The number of aliphatic hydroxyl groups is 3. The first kappa shape index (κ1) is 23.7. The van der Waals surface area contributed by atoms with Gasteiger partial charge in [0, 0.05) is 25.9 Å². The highest BCUT2D eigenvalue weighted by atomic mass is 16.6. The van der Waals surface area contributed by atoms with E-state index in [9.17, 15) is 24.9 Å². The van der Waals surface area contributed by atoms with Gasteiger partial charge in [0.25, 0.3) is 0 Å². The van der Waals surface area contributed by atoms with Gasteiger partial charge in [0.1, 0.15) is 36.4 Å². The van der Waals surface area contributed by atoms with Crippen LogP contribution < -0.4 is 5.73 Å². The largest absolute Gasteiger partial charge is 0.481 e. The molecular formula is C18H26N6O8. The lowest BCUT2D eigenvalue weighted by atomic mass is 10.1. The average molecular weight is 454 g/mol. The van der Waals surface area contributed by atoms with Crippen molar-refractivity contribution in [2.24, 2.45) is 0 Å². The van der Waals surface area contributed by atoms with E-state index in [0.29, 0.717) is 0 Å². The molecule has 7 N–H and O–H groups in total. The van der Waals surface area contributed by atoms with Crippen molar-refractivity contribution in [3.05, 3.63) is 12.7 Å². The van der Waals surface area contributed by atoms with Gasteiger partial charge in [0.15, 0.2) is 17.7 Å². The zero-order chi connectivity index (χ0) is 23.4. The van der Waals surface area contributed by atoms with Crippen LogP contribution in [0, 0.1) is 0 Å². The highest BCUT2D eigenvalue weighted by Gasteiger charge is 2.48. The fourth-order valence-electron chi connectivity index (χ4n) is 3.67. The Morgan fingerprint density at radius 1 is 1.09 bits per heavy atom. The van der Waals surface area contributed by atoms with Crippen LogP contribution >= 0.6 is 0 Å². The van der Waals surface area contributed by atoms with Crippen molar-refractivity contribution in [2.75, 3.05) is 18.8 Å². The second kappa shape index (κ2) is 10.1. The monoisotopic (exact) mass is 454 g/mol. The Hall–Kier alpha value is -2.91. The molecule has 0 spiro atoms. The number of aliphatic hydroxyl groups excluding tert-OH is 3. The van der Waals surface area contributed by atoms with Crippen molar-refractivity contribution in [3.8, 4) is 0 Å². The summed E-state index contributed by atoms with van der Waals surface area (Å²) in [6.07, 6.45) is -4.14. The minimum atomic E-state index is -1.49. The molecule has 3 rings (SSSR count). The molecule has 3 heterocycles. The van der Waals surface area contributed by atoms with Crippen LogP contribution in [0.3, 0.4) is 0 Å².